The predicted molar refractivity (Wildman–Crippen MR) is 68.8 cm³/mol. The Balaban J connectivity index is 2.41. The molecule has 1 aliphatic rings. The molecule has 4 nitrogen and oxygen atoms in total. The van der Waals surface area contributed by atoms with Crippen molar-refractivity contribution in [1.82, 2.24) is 0 Å². The molecule has 1 fully saturated rings. The molecule has 17 heavy (non-hydrogen) atoms. The standard InChI is InChI=1S/C10H9BrClNO3S/c11-8-6-7(13-5-1-2-10(13)14)3-4-9(8)17(12,15)16/h3-4,6H,1-2,5H2. The van der Waals surface area contributed by atoms with Gasteiger partial charge in [-0.1, -0.05) is 0 Å². The molecule has 0 aromatic heterocycles. The minimum absolute atomic E-state index is 0.00885. The van der Waals surface area contributed by atoms with Crippen LogP contribution in [0.4, 0.5) is 5.69 Å². The number of anilines is 1. The van der Waals surface area contributed by atoms with Gasteiger partial charge >= 0.3 is 0 Å². The van der Waals surface area contributed by atoms with Crippen LogP contribution in [0.1, 0.15) is 12.8 Å². The van der Waals surface area contributed by atoms with E-state index in [1.54, 1.807) is 17.0 Å². The molecule has 0 saturated carbocycles. The predicted octanol–water partition coefficient (Wildman–Crippen LogP) is 2.50. The minimum atomic E-state index is -3.77. The van der Waals surface area contributed by atoms with Crippen LogP contribution in [0.2, 0.25) is 0 Å². The average molecular weight is 339 g/mol. The third kappa shape index (κ3) is 2.64. The molecule has 0 spiro atoms. The molecule has 1 amide bonds. The van der Waals surface area contributed by atoms with E-state index in [-0.39, 0.29) is 10.8 Å². The minimum Gasteiger partial charge on any atom is -0.312 e. The number of halogens is 2. The van der Waals surface area contributed by atoms with Crippen LogP contribution in [0, 0.1) is 0 Å². The van der Waals surface area contributed by atoms with E-state index >= 15 is 0 Å². The maximum absolute atomic E-state index is 11.5. The normalized spacial score (nSPS) is 16.6. The van der Waals surface area contributed by atoms with Gasteiger partial charge in [0, 0.05) is 33.8 Å². The molecular formula is C10H9BrClNO3S. The number of rotatable bonds is 2. The SMILES string of the molecule is O=C1CCCN1c1ccc(S(=O)(=O)Cl)c(Br)c1. The summed E-state index contributed by atoms with van der Waals surface area (Å²) >= 11 is 3.15. The van der Waals surface area contributed by atoms with Gasteiger partial charge in [0.05, 0.1) is 4.90 Å². The van der Waals surface area contributed by atoms with Gasteiger partial charge in [-0.05, 0) is 40.5 Å². The largest absolute Gasteiger partial charge is 0.312 e. The summed E-state index contributed by atoms with van der Waals surface area (Å²) in [5.74, 6) is 0.0541. The fourth-order valence-electron chi connectivity index (χ4n) is 1.78. The third-order valence-electron chi connectivity index (χ3n) is 2.56. The van der Waals surface area contributed by atoms with Gasteiger partial charge < -0.3 is 4.90 Å². The lowest BCUT2D eigenvalue weighted by Crippen LogP contribution is -2.23. The summed E-state index contributed by atoms with van der Waals surface area (Å²) < 4.78 is 22.8. The third-order valence-corrected chi connectivity index (χ3v) is 4.86. The summed E-state index contributed by atoms with van der Waals surface area (Å²) in [5.41, 5.74) is 0.684. The average Bonchev–Trinajstić information content (AvgIpc) is 2.62. The van der Waals surface area contributed by atoms with E-state index in [9.17, 15) is 13.2 Å². The zero-order valence-electron chi connectivity index (χ0n) is 8.69. The molecule has 0 atom stereocenters. The van der Waals surface area contributed by atoms with Crippen LogP contribution < -0.4 is 4.90 Å². The number of nitrogens with zero attached hydrogens (tertiary/aromatic N) is 1. The summed E-state index contributed by atoms with van der Waals surface area (Å²) in [4.78, 5) is 13.2. The van der Waals surface area contributed by atoms with Gasteiger partial charge in [-0.3, -0.25) is 4.79 Å². The fourth-order valence-corrected chi connectivity index (χ4v) is 3.99. The van der Waals surface area contributed by atoms with Crippen molar-refractivity contribution >= 4 is 47.3 Å². The Labute approximate surface area is 112 Å². The molecule has 1 saturated heterocycles. The monoisotopic (exact) mass is 337 g/mol. The lowest BCUT2D eigenvalue weighted by Gasteiger charge is -2.16. The van der Waals surface area contributed by atoms with Gasteiger partial charge in [0.25, 0.3) is 9.05 Å². The van der Waals surface area contributed by atoms with Gasteiger partial charge in [0.2, 0.25) is 5.91 Å². The van der Waals surface area contributed by atoms with Gasteiger partial charge in [0.1, 0.15) is 0 Å². The molecule has 0 radical (unpaired) electrons. The molecule has 0 aliphatic carbocycles. The van der Waals surface area contributed by atoms with Crippen LogP contribution in [-0.2, 0) is 13.8 Å². The Bertz CT molecular complexity index is 573. The van der Waals surface area contributed by atoms with E-state index in [2.05, 4.69) is 15.9 Å². The van der Waals surface area contributed by atoms with Gasteiger partial charge in [0.15, 0.2) is 0 Å². The van der Waals surface area contributed by atoms with E-state index in [4.69, 9.17) is 10.7 Å². The second-order valence-corrected chi connectivity index (χ2v) is 7.09. The molecule has 0 N–H and O–H groups in total. The van der Waals surface area contributed by atoms with E-state index in [1.165, 1.54) is 6.07 Å². The number of amides is 1. The zero-order chi connectivity index (χ0) is 12.6. The number of hydrogen-bond acceptors (Lipinski definition) is 3. The van der Waals surface area contributed by atoms with Crippen molar-refractivity contribution in [3.8, 4) is 0 Å². The van der Waals surface area contributed by atoms with Crippen LogP contribution in [0.25, 0.3) is 0 Å². The van der Waals surface area contributed by atoms with Crippen molar-refractivity contribution in [1.29, 1.82) is 0 Å². The van der Waals surface area contributed by atoms with E-state index in [1.807, 2.05) is 0 Å². The Hall–Kier alpha value is -0.590. The number of carbonyl (C=O) groups is 1. The van der Waals surface area contributed by atoms with Crippen molar-refractivity contribution in [2.45, 2.75) is 17.7 Å². The van der Waals surface area contributed by atoms with Crippen LogP contribution >= 0.6 is 26.6 Å². The molecule has 1 heterocycles. The van der Waals surface area contributed by atoms with Gasteiger partial charge in [-0.2, -0.15) is 0 Å². The molecular weight excluding hydrogens is 330 g/mol. The smallest absolute Gasteiger partial charge is 0.262 e. The molecule has 7 heteroatoms. The first-order valence-electron chi connectivity index (χ1n) is 4.94. The first-order valence-corrected chi connectivity index (χ1v) is 8.04. The van der Waals surface area contributed by atoms with Gasteiger partial charge in [-0.25, -0.2) is 8.42 Å². The Morgan fingerprint density at radius 3 is 2.53 bits per heavy atom. The van der Waals surface area contributed by atoms with Crippen LogP contribution in [0.15, 0.2) is 27.6 Å². The number of carbonyl (C=O) groups excluding carboxylic acids is 1. The summed E-state index contributed by atoms with van der Waals surface area (Å²) in [6.45, 7) is 0.665. The fraction of sp³-hybridized carbons (Fsp3) is 0.300. The Kier molecular flexibility index (Phi) is 3.47. The number of hydrogen-bond donors (Lipinski definition) is 0. The maximum atomic E-state index is 11.5. The van der Waals surface area contributed by atoms with E-state index in [0.29, 0.717) is 23.1 Å². The van der Waals surface area contributed by atoms with E-state index < -0.39 is 9.05 Å². The Morgan fingerprint density at radius 1 is 1.35 bits per heavy atom. The summed E-state index contributed by atoms with van der Waals surface area (Å²) in [6, 6.07) is 4.58. The lowest BCUT2D eigenvalue weighted by molar-refractivity contribution is -0.117. The van der Waals surface area contributed by atoms with Gasteiger partial charge in [-0.15, -0.1) is 0 Å². The van der Waals surface area contributed by atoms with Crippen molar-refractivity contribution in [2.24, 2.45) is 0 Å². The lowest BCUT2D eigenvalue weighted by atomic mass is 10.3. The van der Waals surface area contributed by atoms with E-state index in [0.717, 1.165) is 6.42 Å². The Morgan fingerprint density at radius 2 is 2.06 bits per heavy atom. The molecule has 0 unspecified atom stereocenters. The quantitative estimate of drug-likeness (QED) is 0.779. The first kappa shape index (κ1) is 12.9. The highest BCUT2D eigenvalue weighted by atomic mass is 79.9. The van der Waals surface area contributed by atoms with Crippen molar-refractivity contribution in [3.05, 3.63) is 22.7 Å². The van der Waals surface area contributed by atoms with Crippen molar-refractivity contribution in [2.75, 3.05) is 11.4 Å². The highest BCUT2D eigenvalue weighted by molar-refractivity contribution is 9.10. The summed E-state index contributed by atoms with van der Waals surface area (Å²) in [5, 5.41) is 0. The second kappa shape index (κ2) is 4.59. The molecule has 92 valence electrons. The second-order valence-electron chi connectivity index (χ2n) is 3.70. The molecule has 1 aromatic rings. The summed E-state index contributed by atoms with van der Waals surface area (Å²) in [6.07, 6.45) is 1.36. The molecule has 1 aliphatic heterocycles. The first-order chi connectivity index (χ1) is 7.89. The zero-order valence-corrected chi connectivity index (χ0v) is 11.8. The highest BCUT2D eigenvalue weighted by Crippen LogP contribution is 2.31. The topological polar surface area (TPSA) is 54.5 Å². The summed E-state index contributed by atoms with van der Waals surface area (Å²) in [7, 11) is 1.50. The van der Waals surface area contributed by atoms with Crippen LogP contribution in [0.3, 0.4) is 0 Å². The van der Waals surface area contributed by atoms with Crippen LogP contribution in [0.5, 0.6) is 0 Å². The molecule has 1 aromatic carbocycles. The highest BCUT2D eigenvalue weighted by Gasteiger charge is 2.23. The maximum Gasteiger partial charge on any atom is 0.262 e. The molecule has 0 bridgehead atoms. The van der Waals surface area contributed by atoms with Crippen molar-refractivity contribution in [3.63, 3.8) is 0 Å². The van der Waals surface area contributed by atoms with Crippen LogP contribution in [-0.4, -0.2) is 20.9 Å². The van der Waals surface area contributed by atoms with Crippen molar-refractivity contribution < 1.29 is 13.2 Å². The number of benzene rings is 1. The molecule has 2 rings (SSSR count).